The smallest absolute Gasteiger partial charge is 0.144 e. The van der Waals surface area contributed by atoms with Crippen LogP contribution in [0.2, 0.25) is 0 Å². The van der Waals surface area contributed by atoms with Gasteiger partial charge in [0.05, 0.1) is 18.6 Å². The van der Waals surface area contributed by atoms with Crippen molar-refractivity contribution in [1.29, 1.82) is 0 Å². The average Bonchev–Trinajstić information content (AvgIpc) is 3.34. The van der Waals surface area contributed by atoms with Crippen LogP contribution in [-0.4, -0.2) is 40.2 Å². The quantitative estimate of drug-likeness (QED) is 0.758. The van der Waals surface area contributed by atoms with Crippen LogP contribution in [0.15, 0.2) is 12.4 Å². The van der Waals surface area contributed by atoms with Gasteiger partial charge in [0.25, 0.3) is 0 Å². The first-order chi connectivity index (χ1) is 14.4. The maximum Gasteiger partial charge on any atom is 0.144 e. The fraction of sp³-hybridized carbons (Fsp3) is 0.840. The zero-order valence-corrected chi connectivity index (χ0v) is 18.6. The Morgan fingerprint density at radius 2 is 2.00 bits per heavy atom. The summed E-state index contributed by atoms with van der Waals surface area (Å²) in [6.07, 6.45) is 14.2. The predicted molar refractivity (Wildman–Crippen MR) is 115 cm³/mol. The van der Waals surface area contributed by atoms with Crippen molar-refractivity contribution < 1.29 is 14.6 Å². The number of carbonyl (C=O) groups is 1. The molecule has 4 saturated carbocycles. The van der Waals surface area contributed by atoms with Crippen LogP contribution in [0.4, 0.5) is 0 Å². The zero-order valence-electron chi connectivity index (χ0n) is 18.6. The summed E-state index contributed by atoms with van der Waals surface area (Å²) in [6.45, 7) is 2.90. The molecule has 30 heavy (non-hydrogen) atoms. The first-order valence-electron chi connectivity index (χ1n) is 12.2. The van der Waals surface area contributed by atoms with Gasteiger partial charge in [-0.3, -0.25) is 4.79 Å². The summed E-state index contributed by atoms with van der Waals surface area (Å²) in [6, 6.07) is 0. The van der Waals surface area contributed by atoms with Crippen LogP contribution in [0.25, 0.3) is 0 Å². The standard InChI is InChI=1S/C25H38N2O3/c1-24-9-7-18-17-8-10-25(29,15-30-2)14-16(17)3-4-19(18)20(24)5-6-21(24)22(28)13-23-26-11-12-27-23/h11-12,16-21,29H,3-10,13-15H2,1-2H3,(H,26,27). The lowest BCUT2D eigenvalue weighted by atomic mass is 9.49. The van der Waals surface area contributed by atoms with E-state index in [0.717, 1.165) is 49.3 Å². The molecule has 0 bridgehead atoms. The number of ether oxygens (including phenoxy) is 1. The Morgan fingerprint density at radius 1 is 1.17 bits per heavy atom. The van der Waals surface area contributed by atoms with E-state index in [1.165, 1.54) is 32.1 Å². The molecular weight excluding hydrogens is 376 g/mol. The lowest BCUT2D eigenvalue weighted by molar-refractivity contribution is -0.135. The van der Waals surface area contributed by atoms with E-state index in [-0.39, 0.29) is 11.3 Å². The van der Waals surface area contributed by atoms with Gasteiger partial charge in [0.1, 0.15) is 11.6 Å². The van der Waals surface area contributed by atoms with Gasteiger partial charge in [-0.25, -0.2) is 4.98 Å². The number of methoxy groups -OCH3 is 1. The van der Waals surface area contributed by atoms with Crippen LogP contribution in [0.5, 0.6) is 0 Å². The predicted octanol–water partition coefficient (Wildman–Crippen LogP) is 4.17. The van der Waals surface area contributed by atoms with Gasteiger partial charge in [0.15, 0.2) is 0 Å². The molecule has 1 aromatic rings. The van der Waals surface area contributed by atoms with Crippen LogP contribution in [-0.2, 0) is 16.0 Å². The van der Waals surface area contributed by atoms with Crippen LogP contribution in [0, 0.1) is 40.9 Å². The Morgan fingerprint density at radius 3 is 2.77 bits per heavy atom. The fourth-order valence-electron chi connectivity index (χ4n) is 8.57. The third-order valence-corrected chi connectivity index (χ3v) is 9.80. The number of aromatic amines is 1. The highest BCUT2D eigenvalue weighted by Gasteiger charge is 2.58. The number of rotatable bonds is 5. The Balaban J connectivity index is 1.29. The highest BCUT2D eigenvalue weighted by atomic mass is 16.5. The number of fused-ring (bicyclic) bond motifs is 5. The fourth-order valence-corrected chi connectivity index (χ4v) is 8.57. The first kappa shape index (κ1) is 20.7. The molecule has 166 valence electrons. The molecule has 1 heterocycles. The molecule has 1 aromatic heterocycles. The summed E-state index contributed by atoms with van der Waals surface area (Å²) in [5.74, 6) is 5.10. The highest BCUT2D eigenvalue weighted by molar-refractivity contribution is 5.83. The lowest BCUT2D eigenvalue weighted by Crippen LogP contribution is -2.52. The van der Waals surface area contributed by atoms with E-state index < -0.39 is 5.60 Å². The second-order valence-corrected chi connectivity index (χ2v) is 11.2. The van der Waals surface area contributed by atoms with Gasteiger partial charge in [0.2, 0.25) is 0 Å². The number of aromatic nitrogens is 2. The molecule has 0 spiro atoms. The molecule has 5 rings (SSSR count). The number of nitrogens with one attached hydrogen (secondary N) is 1. The molecule has 5 nitrogen and oxygen atoms in total. The van der Waals surface area contributed by atoms with Gasteiger partial charge in [0, 0.05) is 25.4 Å². The number of nitrogens with zero attached hydrogens (tertiary/aromatic N) is 1. The summed E-state index contributed by atoms with van der Waals surface area (Å²) in [4.78, 5) is 20.6. The van der Waals surface area contributed by atoms with E-state index in [4.69, 9.17) is 4.74 Å². The Hall–Kier alpha value is -1.20. The molecule has 0 aliphatic heterocycles. The number of H-pyrrole nitrogens is 1. The van der Waals surface area contributed by atoms with Gasteiger partial charge < -0.3 is 14.8 Å². The maximum atomic E-state index is 13.2. The molecule has 8 unspecified atom stereocenters. The Bertz CT molecular complexity index is 764. The molecule has 8 atom stereocenters. The number of hydrogen-bond donors (Lipinski definition) is 2. The number of Topliss-reactive ketones (excluding diaryl/α,β-unsaturated/α-hetero) is 1. The third-order valence-electron chi connectivity index (χ3n) is 9.80. The number of imidazole rings is 1. The number of ketones is 1. The van der Waals surface area contributed by atoms with Gasteiger partial charge in [-0.2, -0.15) is 0 Å². The topological polar surface area (TPSA) is 75.2 Å². The maximum absolute atomic E-state index is 13.2. The minimum absolute atomic E-state index is 0.170. The van der Waals surface area contributed by atoms with Crippen molar-refractivity contribution in [3.63, 3.8) is 0 Å². The normalized spacial score (nSPS) is 45.4. The van der Waals surface area contributed by atoms with Crippen molar-refractivity contribution >= 4 is 5.78 Å². The van der Waals surface area contributed by atoms with Crippen molar-refractivity contribution in [3.05, 3.63) is 18.2 Å². The van der Waals surface area contributed by atoms with Gasteiger partial charge in [-0.1, -0.05) is 6.92 Å². The number of carbonyl (C=O) groups excluding carboxylic acids is 1. The van der Waals surface area contributed by atoms with Crippen molar-refractivity contribution in [3.8, 4) is 0 Å². The van der Waals surface area contributed by atoms with E-state index in [9.17, 15) is 9.90 Å². The van der Waals surface area contributed by atoms with Gasteiger partial charge >= 0.3 is 0 Å². The molecule has 0 aromatic carbocycles. The summed E-state index contributed by atoms with van der Waals surface area (Å²) in [5.41, 5.74) is -0.439. The van der Waals surface area contributed by atoms with Gasteiger partial charge in [-0.15, -0.1) is 0 Å². The van der Waals surface area contributed by atoms with Crippen LogP contribution in [0.3, 0.4) is 0 Å². The second kappa shape index (κ2) is 7.74. The third kappa shape index (κ3) is 3.37. The van der Waals surface area contributed by atoms with Crippen LogP contribution < -0.4 is 0 Å². The monoisotopic (exact) mass is 414 g/mol. The molecule has 5 heteroatoms. The molecule has 0 amide bonds. The molecule has 2 N–H and O–H groups in total. The Kier molecular flexibility index (Phi) is 5.34. The largest absolute Gasteiger partial charge is 0.387 e. The number of hydrogen-bond acceptors (Lipinski definition) is 4. The van der Waals surface area contributed by atoms with E-state index in [0.29, 0.717) is 30.6 Å². The highest BCUT2D eigenvalue weighted by Crippen LogP contribution is 2.64. The molecule has 0 radical (unpaired) electrons. The van der Waals surface area contributed by atoms with Crippen molar-refractivity contribution in [2.45, 2.75) is 76.7 Å². The van der Waals surface area contributed by atoms with Crippen LogP contribution >= 0.6 is 0 Å². The van der Waals surface area contributed by atoms with E-state index in [2.05, 4.69) is 16.9 Å². The lowest BCUT2D eigenvalue weighted by Gasteiger charge is -2.57. The van der Waals surface area contributed by atoms with Crippen molar-refractivity contribution in [2.24, 2.45) is 40.9 Å². The van der Waals surface area contributed by atoms with Crippen LogP contribution in [0.1, 0.15) is 70.5 Å². The van der Waals surface area contributed by atoms with Crippen molar-refractivity contribution in [2.75, 3.05) is 13.7 Å². The average molecular weight is 415 g/mol. The molecular formula is C25H38N2O3. The van der Waals surface area contributed by atoms with E-state index >= 15 is 0 Å². The summed E-state index contributed by atoms with van der Waals surface area (Å²) in [5, 5.41) is 10.9. The second-order valence-electron chi connectivity index (χ2n) is 11.2. The van der Waals surface area contributed by atoms with Gasteiger partial charge in [-0.05, 0) is 92.8 Å². The molecule has 4 aliphatic carbocycles. The summed E-state index contributed by atoms with van der Waals surface area (Å²) < 4.78 is 5.32. The van der Waals surface area contributed by atoms with E-state index in [1.807, 2.05) is 6.20 Å². The van der Waals surface area contributed by atoms with E-state index in [1.54, 1.807) is 13.3 Å². The zero-order chi connectivity index (χ0) is 20.9. The summed E-state index contributed by atoms with van der Waals surface area (Å²) in [7, 11) is 1.70. The van der Waals surface area contributed by atoms with Crippen molar-refractivity contribution in [1.82, 2.24) is 9.97 Å². The first-order valence-corrected chi connectivity index (χ1v) is 12.2. The SMILES string of the molecule is COCC1(O)CCC2C(CCC3C2CCC2(C)C(C(=O)Cc4ncc[nH]4)CCC32)C1. The minimum Gasteiger partial charge on any atom is -0.387 e. The molecule has 0 saturated heterocycles. The Labute approximate surface area is 180 Å². The summed E-state index contributed by atoms with van der Waals surface area (Å²) >= 11 is 0. The molecule has 4 aliphatic rings. The number of aliphatic hydroxyl groups is 1. The molecule has 4 fully saturated rings. The minimum atomic E-state index is -0.608.